The second-order valence-electron chi connectivity index (χ2n) is 6.50. The summed E-state index contributed by atoms with van der Waals surface area (Å²) in [5.74, 6) is 0.0682. The Morgan fingerprint density at radius 3 is 2.59 bits per heavy atom. The molecule has 0 N–H and O–H groups in total. The molecule has 0 saturated carbocycles. The van der Waals surface area contributed by atoms with Gasteiger partial charge in [-0.05, 0) is 23.6 Å². The molecule has 3 heterocycles. The van der Waals surface area contributed by atoms with E-state index in [1.807, 2.05) is 0 Å². The summed E-state index contributed by atoms with van der Waals surface area (Å²) in [6, 6.07) is 5.94. The van der Waals surface area contributed by atoms with Crippen LogP contribution in [0, 0.1) is 0 Å². The van der Waals surface area contributed by atoms with E-state index in [2.05, 4.69) is 15.0 Å². The van der Waals surface area contributed by atoms with Gasteiger partial charge in [0.05, 0.1) is 16.2 Å². The van der Waals surface area contributed by atoms with Gasteiger partial charge in [-0.1, -0.05) is 13.0 Å². The molecule has 0 aliphatic heterocycles. The van der Waals surface area contributed by atoms with Gasteiger partial charge < -0.3 is 4.57 Å². The summed E-state index contributed by atoms with van der Waals surface area (Å²) in [7, 11) is -2.10. The molecule has 0 amide bonds. The molecule has 29 heavy (non-hydrogen) atoms. The Bertz CT molecular complexity index is 1360. The molecule has 0 unspecified atom stereocenters. The number of pyridine rings is 2. The van der Waals surface area contributed by atoms with E-state index in [1.54, 1.807) is 31.4 Å². The summed E-state index contributed by atoms with van der Waals surface area (Å²) in [5.41, 5.74) is -0.372. The minimum atomic E-state index is -4.55. The number of hydrogen-bond acceptors (Lipinski definition) is 5. The molecule has 0 atom stereocenters. The van der Waals surface area contributed by atoms with Gasteiger partial charge in [-0.3, -0.25) is 4.98 Å². The lowest BCUT2D eigenvalue weighted by molar-refractivity contribution is -0.137. The minimum absolute atomic E-state index is 0.0310. The third kappa shape index (κ3) is 3.13. The number of aryl methyl sites for hydroxylation is 1. The van der Waals surface area contributed by atoms with Gasteiger partial charge in [0.2, 0.25) is 0 Å². The van der Waals surface area contributed by atoms with Crippen LogP contribution in [0.5, 0.6) is 0 Å². The maximum Gasteiger partial charge on any atom is 0.417 e. The van der Waals surface area contributed by atoms with Crippen LogP contribution in [0.25, 0.3) is 33.3 Å². The molecule has 1 aromatic carbocycles. The van der Waals surface area contributed by atoms with Crippen molar-refractivity contribution in [2.45, 2.75) is 18.0 Å². The number of sulfone groups is 1. The molecule has 0 saturated heterocycles. The molecule has 0 aliphatic rings. The van der Waals surface area contributed by atoms with Gasteiger partial charge in [0.25, 0.3) is 0 Å². The Labute approximate surface area is 164 Å². The first-order valence-electron chi connectivity index (χ1n) is 8.63. The predicted octanol–water partition coefficient (Wildman–Crippen LogP) is 4.00. The van der Waals surface area contributed by atoms with Crippen LogP contribution in [0.1, 0.15) is 12.5 Å². The number of halogens is 3. The van der Waals surface area contributed by atoms with Crippen LogP contribution in [0.3, 0.4) is 0 Å². The van der Waals surface area contributed by atoms with Crippen LogP contribution in [-0.4, -0.2) is 33.7 Å². The summed E-state index contributed by atoms with van der Waals surface area (Å²) in [4.78, 5) is 12.3. The highest BCUT2D eigenvalue weighted by Crippen LogP contribution is 2.36. The van der Waals surface area contributed by atoms with Gasteiger partial charge in [0.1, 0.15) is 11.3 Å². The van der Waals surface area contributed by atoms with E-state index in [0.29, 0.717) is 16.3 Å². The monoisotopic (exact) mass is 420 g/mol. The van der Waals surface area contributed by atoms with Crippen LogP contribution < -0.4 is 0 Å². The topological polar surface area (TPSA) is 77.7 Å². The minimum Gasteiger partial charge on any atom is -0.312 e. The Kier molecular flexibility index (Phi) is 4.34. The molecule has 3 aromatic heterocycles. The van der Waals surface area contributed by atoms with Gasteiger partial charge in [0.15, 0.2) is 15.5 Å². The molecule has 0 aliphatic carbocycles. The van der Waals surface area contributed by atoms with Crippen LogP contribution >= 0.6 is 0 Å². The van der Waals surface area contributed by atoms with Gasteiger partial charge in [-0.2, -0.15) is 13.2 Å². The third-order valence-corrected chi connectivity index (χ3v) is 6.56. The molecule has 10 heteroatoms. The molecule has 0 fully saturated rings. The van der Waals surface area contributed by atoms with Gasteiger partial charge in [-0.15, -0.1) is 0 Å². The summed E-state index contributed by atoms with van der Waals surface area (Å²) in [6.07, 6.45) is -0.794. The fraction of sp³-hybridized carbons (Fsp3) is 0.211. The van der Waals surface area contributed by atoms with Crippen LogP contribution in [0.2, 0.25) is 0 Å². The van der Waals surface area contributed by atoms with Crippen molar-refractivity contribution in [2.75, 3.05) is 5.75 Å². The average Bonchev–Trinajstić information content (AvgIpc) is 3.02. The zero-order chi connectivity index (χ0) is 21.0. The Hall–Kier alpha value is -3.01. The van der Waals surface area contributed by atoms with Crippen molar-refractivity contribution in [3.8, 4) is 11.4 Å². The second-order valence-corrected chi connectivity index (χ2v) is 8.72. The lowest BCUT2D eigenvalue weighted by Gasteiger charge is -2.12. The standard InChI is InChI=1S/C19H15F3N4O2S/c1-3-29(27,28)16-13(5-4-11-6-7-23-10-14(11)16)17-25-15-8-12(19(20,21)22)9-24-18(15)26(17)2/h4-10H,3H2,1-2H3. The lowest BCUT2D eigenvalue weighted by atomic mass is 10.1. The van der Waals surface area contributed by atoms with E-state index < -0.39 is 21.6 Å². The smallest absolute Gasteiger partial charge is 0.312 e. The summed E-state index contributed by atoms with van der Waals surface area (Å²) in [6.45, 7) is 1.53. The Morgan fingerprint density at radius 1 is 1.14 bits per heavy atom. The van der Waals surface area contributed by atoms with Crippen LogP contribution in [0.15, 0.2) is 47.8 Å². The van der Waals surface area contributed by atoms with Gasteiger partial charge in [0, 0.05) is 36.6 Å². The molecule has 150 valence electrons. The molecule has 4 rings (SSSR count). The number of hydrogen-bond donors (Lipinski definition) is 0. The van der Waals surface area contributed by atoms with Crippen LogP contribution in [-0.2, 0) is 23.1 Å². The van der Waals surface area contributed by atoms with Crippen molar-refractivity contribution < 1.29 is 21.6 Å². The number of nitrogens with zero attached hydrogens (tertiary/aromatic N) is 4. The number of benzene rings is 1. The predicted molar refractivity (Wildman–Crippen MR) is 102 cm³/mol. The average molecular weight is 420 g/mol. The van der Waals surface area contributed by atoms with Gasteiger partial charge >= 0.3 is 6.18 Å². The Morgan fingerprint density at radius 2 is 1.90 bits per heavy atom. The molecular formula is C19H15F3N4O2S. The normalized spacial score (nSPS) is 12.7. The molecule has 0 radical (unpaired) electrons. The molecular weight excluding hydrogens is 405 g/mol. The van der Waals surface area contributed by atoms with E-state index >= 15 is 0 Å². The highest BCUT2D eigenvalue weighted by atomic mass is 32.2. The summed E-state index contributed by atoms with van der Waals surface area (Å²) < 4.78 is 66.3. The number of fused-ring (bicyclic) bond motifs is 2. The van der Waals surface area contributed by atoms with Crippen LogP contribution in [0.4, 0.5) is 13.2 Å². The van der Waals surface area contributed by atoms with E-state index in [9.17, 15) is 21.6 Å². The first-order chi connectivity index (χ1) is 13.6. The molecule has 0 spiro atoms. The Balaban J connectivity index is 2.06. The maximum atomic E-state index is 13.0. The third-order valence-electron chi connectivity index (χ3n) is 4.74. The van der Waals surface area contributed by atoms with E-state index in [0.717, 1.165) is 12.3 Å². The first kappa shape index (κ1) is 19.3. The summed E-state index contributed by atoms with van der Waals surface area (Å²) in [5, 5.41) is 1.12. The molecule has 0 bridgehead atoms. The highest BCUT2D eigenvalue weighted by Gasteiger charge is 2.32. The zero-order valence-corrected chi connectivity index (χ0v) is 16.2. The summed E-state index contributed by atoms with van der Waals surface area (Å²) >= 11 is 0. The van der Waals surface area contributed by atoms with Crippen molar-refractivity contribution in [3.05, 3.63) is 48.4 Å². The van der Waals surface area contributed by atoms with E-state index in [-0.39, 0.29) is 27.6 Å². The van der Waals surface area contributed by atoms with Crippen molar-refractivity contribution >= 4 is 31.8 Å². The van der Waals surface area contributed by atoms with Crippen molar-refractivity contribution in [1.82, 2.24) is 19.5 Å². The molecule has 4 aromatic rings. The van der Waals surface area contributed by atoms with Crippen molar-refractivity contribution in [1.29, 1.82) is 0 Å². The largest absolute Gasteiger partial charge is 0.417 e. The number of imidazole rings is 1. The SMILES string of the molecule is CCS(=O)(=O)c1c(-c2nc3cc(C(F)(F)F)cnc3n2C)ccc2ccncc12. The number of rotatable bonds is 3. The molecule has 6 nitrogen and oxygen atoms in total. The zero-order valence-electron chi connectivity index (χ0n) is 15.4. The fourth-order valence-electron chi connectivity index (χ4n) is 3.26. The first-order valence-corrected chi connectivity index (χ1v) is 10.3. The fourth-order valence-corrected chi connectivity index (χ4v) is 4.55. The van der Waals surface area contributed by atoms with E-state index in [1.165, 1.54) is 17.7 Å². The number of alkyl halides is 3. The second kappa shape index (κ2) is 6.51. The van der Waals surface area contributed by atoms with Crippen molar-refractivity contribution in [3.63, 3.8) is 0 Å². The highest BCUT2D eigenvalue weighted by molar-refractivity contribution is 7.91. The quantitative estimate of drug-likeness (QED) is 0.501. The van der Waals surface area contributed by atoms with Gasteiger partial charge in [-0.25, -0.2) is 18.4 Å². The lowest BCUT2D eigenvalue weighted by Crippen LogP contribution is -2.08. The van der Waals surface area contributed by atoms with Crippen molar-refractivity contribution in [2.24, 2.45) is 7.05 Å². The maximum absolute atomic E-state index is 13.0. The number of aromatic nitrogens is 4. The van der Waals surface area contributed by atoms with E-state index in [4.69, 9.17) is 0 Å².